The number of rotatable bonds is 3. The molecule has 0 aliphatic carbocycles. The molecule has 0 aromatic carbocycles. The van der Waals surface area contributed by atoms with Gasteiger partial charge in [0.05, 0.1) is 6.61 Å². The van der Waals surface area contributed by atoms with Crippen molar-refractivity contribution in [3.63, 3.8) is 0 Å². The van der Waals surface area contributed by atoms with E-state index in [2.05, 4.69) is 4.99 Å². The lowest BCUT2D eigenvalue weighted by atomic mass is 9.97. The Morgan fingerprint density at radius 2 is 1.91 bits per heavy atom. The first-order valence-corrected chi connectivity index (χ1v) is 6.80. The van der Waals surface area contributed by atoms with E-state index in [1.165, 1.54) is 7.05 Å². The standard InChI is InChI=1S/C12H17N3O8/c1-15-10(20)4(9(19)14-12(15)22)2-13-6-8(18)7(17)5(3-16)23-11(6)21/h2,4-8,11,16-18,21H,3H2,1H3,(H,14,19,22)/p+1. The second-order valence-electron chi connectivity index (χ2n) is 5.26. The quantitative estimate of drug-likeness (QED) is 0.219. The van der Waals surface area contributed by atoms with Crippen LogP contribution in [0.5, 0.6) is 0 Å². The molecule has 128 valence electrons. The maximum atomic E-state index is 11.9. The Morgan fingerprint density at radius 3 is 2.52 bits per heavy atom. The molecular formula is C12H18N3O8+. The molecule has 0 saturated carbocycles. The number of aliphatic hydroxyl groups is 4. The summed E-state index contributed by atoms with van der Waals surface area (Å²) in [5.74, 6) is -3.01. The highest BCUT2D eigenvalue weighted by atomic mass is 16.6. The zero-order valence-electron chi connectivity index (χ0n) is 12.1. The predicted octanol–water partition coefficient (Wildman–Crippen LogP) is -5.74. The van der Waals surface area contributed by atoms with Gasteiger partial charge >= 0.3 is 6.03 Å². The van der Waals surface area contributed by atoms with E-state index in [4.69, 9.17) is 9.84 Å². The van der Waals surface area contributed by atoms with E-state index in [0.717, 1.165) is 6.21 Å². The van der Waals surface area contributed by atoms with Gasteiger partial charge in [0.2, 0.25) is 12.3 Å². The van der Waals surface area contributed by atoms with Crippen LogP contribution in [0.25, 0.3) is 0 Å². The average molecular weight is 332 g/mol. The van der Waals surface area contributed by atoms with E-state index in [-0.39, 0.29) is 0 Å². The molecule has 6 N–H and O–H groups in total. The fourth-order valence-corrected chi connectivity index (χ4v) is 2.32. The van der Waals surface area contributed by atoms with Crippen LogP contribution in [0.15, 0.2) is 0 Å². The number of amides is 4. The van der Waals surface area contributed by atoms with Crippen molar-refractivity contribution >= 4 is 24.1 Å². The molecule has 6 unspecified atom stereocenters. The van der Waals surface area contributed by atoms with Gasteiger partial charge < -0.3 is 25.2 Å². The Hall–Kier alpha value is -1.92. The lowest BCUT2D eigenvalue weighted by Crippen LogP contribution is -2.88. The highest BCUT2D eigenvalue weighted by Crippen LogP contribution is 2.17. The van der Waals surface area contributed by atoms with E-state index in [0.29, 0.717) is 4.90 Å². The molecule has 11 nitrogen and oxygen atoms in total. The lowest BCUT2D eigenvalue weighted by Gasteiger charge is -2.35. The van der Waals surface area contributed by atoms with Gasteiger partial charge in [0.1, 0.15) is 18.3 Å². The van der Waals surface area contributed by atoms with Gasteiger partial charge in [-0.3, -0.25) is 19.8 Å². The molecule has 0 spiro atoms. The molecule has 2 aliphatic rings. The Kier molecular flexibility index (Phi) is 5.06. The summed E-state index contributed by atoms with van der Waals surface area (Å²) in [6, 6.07) is -2.09. The molecule has 2 saturated heterocycles. The van der Waals surface area contributed by atoms with Gasteiger partial charge in [-0.2, -0.15) is 0 Å². The van der Waals surface area contributed by atoms with Gasteiger partial charge in [0.25, 0.3) is 11.8 Å². The molecule has 0 radical (unpaired) electrons. The maximum absolute atomic E-state index is 11.9. The average Bonchev–Trinajstić information content (AvgIpc) is 2.51. The van der Waals surface area contributed by atoms with Gasteiger partial charge in [-0.25, -0.2) is 9.79 Å². The summed E-state index contributed by atoms with van der Waals surface area (Å²) >= 11 is 0. The van der Waals surface area contributed by atoms with E-state index >= 15 is 0 Å². The third-order valence-corrected chi connectivity index (χ3v) is 3.77. The number of hydrogen-bond acceptors (Lipinski definition) is 8. The van der Waals surface area contributed by atoms with Crippen LogP contribution in [-0.4, -0.2) is 93.7 Å². The monoisotopic (exact) mass is 332 g/mol. The lowest BCUT2D eigenvalue weighted by molar-refractivity contribution is -0.557. The number of carbonyl (C=O) groups is 3. The summed E-state index contributed by atoms with van der Waals surface area (Å²) in [7, 11) is 1.19. The Bertz CT molecular complexity index is 538. The fourth-order valence-electron chi connectivity index (χ4n) is 2.32. The van der Waals surface area contributed by atoms with Crippen molar-refractivity contribution in [1.82, 2.24) is 10.2 Å². The second-order valence-corrected chi connectivity index (χ2v) is 5.26. The minimum atomic E-state index is -1.59. The number of ether oxygens (including phenoxy) is 1. The molecule has 4 amide bonds. The maximum Gasteiger partial charge on any atom is 0.330 e. The smallest absolute Gasteiger partial charge is 0.330 e. The number of carbonyl (C=O) groups excluding carboxylic acids is 3. The molecule has 2 aliphatic heterocycles. The highest BCUT2D eigenvalue weighted by molar-refractivity contribution is 6.22. The Balaban J connectivity index is 2.14. The molecule has 6 atom stereocenters. The molecule has 11 heteroatoms. The summed E-state index contributed by atoms with van der Waals surface area (Å²) in [6.07, 6.45) is -4.76. The zero-order chi connectivity index (χ0) is 17.3. The number of nitrogens with one attached hydrogen (secondary N) is 2. The Morgan fingerprint density at radius 1 is 1.26 bits per heavy atom. The van der Waals surface area contributed by atoms with Crippen molar-refractivity contribution in [2.45, 2.75) is 30.6 Å². The second kappa shape index (κ2) is 6.68. The van der Waals surface area contributed by atoms with Crippen molar-refractivity contribution in [3.8, 4) is 0 Å². The summed E-state index contributed by atoms with van der Waals surface area (Å²) in [5, 5.41) is 40.4. The zero-order valence-corrected chi connectivity index (χ0v) is 12.1. The van der Waals surface area contributed by atoms with E-state index in [1.54, 1.807) is 0 Å². The van der Waals surface area contributed by atoms with Crippen molar-refractivity contribution in [3.05, 3.63) is 0 Å². The van der Waals surface area contributed by atoms with Crippen LogP contribution in [0.2, 0.25) is 0 Å². The van der Waals surface area contributed by atoms with E-state index < -0.39 is 61.0 Å². The number of urea groups is 1. The topological polar surface area (TPSA) is 171 Å². The van der Waals surface area contributed by atoms with E-state index in [9.17, 15) is 29.7 Å². The number of barbiturate groups is 1. The predicted molar refractivity (Wildman–Crippen MR) is 70.6 cm³/mol. The van der Waals surface area contributed by atoms with Gasteiger partial charge in [0, 0.05) is 7.05 Å². The first-order valence-electron chi connectivity index (χ1n) is 6.80. The summed E-state index contributed by atoms with van der Waals surface area (Å²) in [4.78, 5) is 38.0. The van der Waals surface area contributed by atoms with Crippen LogP contribution >= 0.6 is 0 Å². The van der Waals surface area contributed by atoms with Gasteiger partial charge in [-0.1, -0.05) is 0 Å². The van der Waals surface area contributed by atoms with E-state index in [1.807, 2.05) is 5.32 Å². The van der Waals surface area contributed by atoms with Crippen LogP contribution in [0.4, 0.5) is 4.79 Å². The van der Waals surface area contributed by atoms with Crippen molar-refractivity contribution < 1.29 is 44.5 Å². The first kappa shape index (κ1) is 17.4. The third-order valence-electron chi connectivity index (χ3n) is 3.77. The minimum Gasteiger partial charge on any atom is -0.394 e. The summed E-state index contributed by atoms with van der Waals surface area (Å²) in [5.41, 5.74) is 0. The molecular weight excluding hydrogens is 314 g/mol. The van der Waals surface area contributed by atoms with Crippen LogP contribution in [-0.2, 0) is 14.3 Å². The van der Waals surface area contributed by atoms with Crippen molar-refractivity contribution in [2.24, 2.45) is 5.92 Å². The van der Waals surface area contributed by atoms with Gasteiger partial charge in [-0.05, 0) is 0 Å². The first-order chi connectivity index (χ1) is 10.8. The van der Waals surface area contributed by atoms with Crippen LogP contribution in [0.1, 0.15) is 0 Å². The minimum absolute atomic E-state index is 0.609. The van der Waals surface area contributed by atoms with Crippen LogP contribution < -0.4 is 10.3 Å². The molecule has 0 bridgehead atoms. The molecule has 0 aromatic rings. The van der Waals surface area contributed by atoms with Crippen molar-refractivity contribution in [2.75, 3.05) is 13.7 Å². The number of nitrogens with zero attached hydrogens (tertiary/aromatic N) is 1. The largest absolute Gasteiger partial charge is 0.394 e. The normalized spacial score (nSPS) is 39.0. The molecule has 2 heterocycles. The fraction of sp³-hybridized carbons (Fsp3) is 0.667. The molecule has 2 rings (SSSR count). The number of hydrogen-bond donors (Lipinski definition) is 6. The van der Waals surface area contributed by atoms with Gasteiger partial charge in [-0.15, -0.1) is 0 Å². The number of imide groups is 2. The number of aliphatic hydroxyl groups excluding tert-OH is 4. The summed E-state index contributed by atoms with van der Waals surface area (Å²) < 4.78 is 4.93. The SMILES string of the molecule is CN1C(=O)NC(=O)C(C=[NH+]C2C(O)OC(CO)C(O)C2O)C1=O. The third kappa shape index (κ3) is 3.23. The van der Waals surface area contributed by atoms with Crippen LogP contribution in [0.3, 0.4) is 0 Å². The van der Waals surface area contributed by atoms with Crippen molar-refractivity contribution in [1.29, 1.82) is 0 Å². The molecule has 0 aromatic heterocycles. The Labute approximate surface area is 130 Å². The molecule has 23 heavy (non-hydrogen) atoms. The highest BCUT2D eigenvalue weighted by Gasteiger charge is 2.47. The van der Waals surface area contributed by atoms with Gasteiger partial charge in [0.15, 0.2) is 12.1 Å². The molecule has 2 fully saturated rings. The summed E-state index contributed by atoms with van der Waals surface area (Å²) in [6.45, 7) is -0.609. The van der Waals surface area contributed by atoms with Crippen LogP contribution in [0, 0.1) is 5.92 Å².